The Hall–Kier alpha value is -1.46. The van der Waals surface area contributed by atoms with Crippen molar-refractivity contribution in [3.8, 4) is 0 Å². The molecule has 1 fully saturated rings. The molecule has 0 aromatic heterocycles. The van der Waals surface area contributed by atoms with Gasteiger partial charge in [0.1, 0.15) is 6.10 Å². The van der Waals surface area contributed by atoms with Crippen molar-refractivity contribution in [2.75, 3.05) is 13.2 Å². The minimum absolute atomic E-state index is 0.0641. The predicted molar refractivity (Wildman–Crippen MR) is 113 cm³/mol. The smallest absolute Gasteiger partial charge is 0.261 e. The summed E-state index contributed by atoms with van der Waals surface area (Å²) in [5, 5.41) is 12.9. The van der Waals surface area contributed by atoms with Gasteiger partial charge in [0.05, 0.1) is 12.7 Å². The molecule has 27 heavy (non-hydrogen) atoms. The zero-order valence-corrected chi connectivity index (χ0v) is 17.7. The molecule has 2 aromatic rings. The van der Waals surface area contributed by atoms with E-state index in [1.807, 2.05) is 0 Å². The largest absolute Gasteiger partial charge is 0.405 e. The first-order valence-electron chi connectivity index (χ1n) is 10.00. The van der Waals surface area contributed by atoms with Crippen LogP contribution in [0.25, 0.3) is 0 Å². The van der Waals surface area contributed by atoms with Crippen LogP contribution in [0.5, 0.6) is 0 Å². The molecule has 0 spiro atoms. The van der Waals surface area contributed by atoms with Gasteiger partial charge in [-0.15, -0.1) is 0 Å². The van der Waals surface area contributed by atoms with Crippen LogP contribution in [0.2, 0.25) is 5.04 Å². The average molecular weight is 385 g/mol. The van der Waals surface area contributed by atoms with Crippen molar-refractivity contribution in [2.45, 2.75) is 57.3 Å². The molecule has 4 heteroatoms. The van der Waals surface area contributed by atoms with E-state index >= 15 is 0 Å². The van der Waals surface area contributed by atoms with Crippen LogP contribution in [0.15, 0.2) is 60.7 Å². The second-order valence-electron chi connectivity index (χ2n) is 8.45. The standard InChI is InChI=1S/C23H32O3Si/c1-23(2,3)27(19-12-6-4-7-13-19,20-14-8-5-9-15-20)26-18-22-21(24)16-10-11-17-25-22/h4-9,12-15,21-22,24H,10-11,16-18H2,1-3H3/t21-,22+/m0/s1. The normalized spacial score (nSPS) is 21.6. The van der Waals surface area contributed by atoms with E-state index in [4.69, 9.17) is 9.16 Å². The molecule has 0 aliphatic carbocycles. The third kappa shape index (κ3) is 4.35. The van der Waals surface area contributed by atoms with E-state index < -0.39 is 14.4 Å². The minimum atomic E-state index is -2.57. The maximum Gasteiger partial charge on any atom is 0.261 e. The molecule has 1 aliphatic heterocycles. The van der Waals surface area contributed by atoms with Crippen molar-refractivity contribution >= 4 is 18.7 Å². The highest BCUT2D eigenvalue weighted by Crippen LogP contribution is 2.37. The molecule has 2 atom stereocenters. The van der Waals surface area contributed by atoms with Crippen LogP contribution in [-0.2, 0) is 9.16 Å². The molecule has 1 heterocycles. The number of aliphatic hydroxyl groups excluding tert-OH is 1. The van der Waals surface area contributed by atoms with Crippen molar-refractivity contribution < 1.29 is 14.3 Å². The quantitative estimate of drug-likeness (QED) is 0.802. The SMILES string of the molecule is CC(C)(C)[Si](OC[C@H]1OCCCC[C@@H]1O)(c1ccccc1)c1ccccc1. The molecule has 146 valence electrons. The molecular formula is C23H32O3Si. The summed E-state index contributed by atoms with van der Waals surface area (Å²) in [7, 11) is -2.57. The second kappa shape index (κ2) is 8.70. The van der Waals surface area contributed by atoms with Crippen LogP contribution in [-0.4, -0.2) is 38.8 Å². The Bertz CT molecular complexity index is 657. The molecule has 0 saturated carbocycles. The summed E-state index contributed by atoms with van der Waals surface area (Å²) in [6.07, 6.45) is 2.10. The first-order chi connectivity index (χ1) is 12.9. The average Bonchev–Trinajstić information content (AvgIpc) is 2.87. The number of rotatable bonds is 5. The molecule has 0 amide bonds. The van der Waals surface area contributed by atoms with Crippen molar-refractivity contribution in [1.82, 2.24) is 0 Å². The fraction of sp³-hybridized carbons (Fsp3) is 0.478. The summed E-state index contributed by atoms with van der Waals surface area (Å²) in [5.41, 5.74) is 0. The number of hydrogen-bond donors (Lipinski definition) is 1. The van der Waals surface area contributed by atoms with Gasteiger partial charge in [0.2, 0.25) is 0 Å². The van der Waals surface area contributed by atoms with Crippen molar-refractivity contribution in [3.05, 3.63) is 60.7 Å². The molecule has 3 nitrogen and oxygen atoms in total. The third-order valence-corrected chi connectivity index (χ3v) is 10.5. The van der Waals surface area contributed by atoms with Gasteiger partial charge in [-0.1, -0.05) is 81.4 Å². The molecule has 1 saturated heterocycles. The Morgan fingerprint density at radius 2 is 1.52 bits per heavy atom. The Balaban J connectivity index is 2.01. The summed E-state index contributed by atoms with van der Waals surface area (Å²) < 4.78 is 12.8. The van der Waals surface area contributed by atoms with Gasteiger partial charge in [0.15, 0.2) is 0 Å². The first kappa shape index (κ1) is 20.3. The number of benzene rings is 2. The van der Waals surface area contributed by atoms with Gasteiger partial charge in [-0.3, -0.25) is 0 Å². The third-order valence-electron chi connectivity index (χ3n) is 5.54. The van der Waals surface area contributed by atoms with Gasteiger partial charge in [-0.05, 0) is 34.7 Å². The molecular weight excluding hydrogens is 352 g/mol. The molecule has 2 aromatic carbocycles. The first-order valence-corrected chi connectivity index (χ1v) is 11.9. The van der Waals surface area contributed by atoms with Crippen LogP contribution in [0.3, 0.4) is 0 Å². The topological polar surface area (TPSA) is 38.7 Å². The highest BCUT2D eigenvalue weighted by Gasteiger charge is 2.50. The monoisotopic (exact) mass is 384 g/mol. The van der Waals surface area contributed by atoms with Gasteiger partial charge < -0.3 is 14.3 Å². The Kier molecular flexibility index (Phi) is 6.53. The summed E-state index contributed by atoms with van der Waals surface area (Å²) >= 11 is 0. The Morgan fingerprint density at radius 3 is 2.04 bits per heavy atom. The van der Waals surface area contributed by atoms with E-state index in [9.17, 15) is 5.11 Å². The lowest BCUT2D eigenvalue weighted by Crippen LogP contribution is -2.67. The molecule has 3 rings (SSSR count). The van der Waals surface area contributed by atoms with Crippen LogP contribution in [0.4, 0.5) is 0 Å². The molecule has 1 N–H and O–H groups in total. The number of ether oxygens (including phenoxy) is 1. The van der Waals surface area contributed by atoms with Gasteiger partial charge in [0, 0.05) is 6.61 Å². The second-order valence-corrected chi connectivity index (χ2v) is 12.8. The van der Waals surface area contributed by atoms with Crippen LogP contribution < -0.4 is 10.4 Å². The van der Waals surface area contributed by atoms with Gasteiger partial charge >= 0.3 is 0 Å². The minimum Gasteiger partial charge on any atom is -0.405 e. The molecule has 0 radical (unpaired) electrons. The highest BCUT2D eigenvalue weighted by atomic mass is 28.4. The van der Waals surface area contributed by atoms with E-state index in [0.717, 1.165) is 19.3 Å². The predicted octanol–water partition coefficient (Wildman–Crippen LogP) is 3.49. The molecule has 0 unspecified atom stereocenters. The lowest BCUT2D eigenvalue weighted by atomic mass is 10.1. The number of hydrogen-bond acceptors (Lipinski definition) is 3. The fourth-order valence-corrected chi connectivity index (χ4v) is 8.68. The maximum atomic E-state index is 10.5. The van der Waals surface area contributed by atoms with Crippen LogP contribution in [0.1, 0.15) is 40.0 Å². The fourth-order valence-electron chi connectivity index (χ4n) is 4.12. The highest BCUT2D eigenvalue weighted by molar-refractivity contribution is 6.99. The number of aliphatic hydroxyl groups is 1. The van der Waals surface area contributed by atoms with E-state index in [0.29, 0.717) is 13.2 Å². The van der Waals surface area contributed by atoms with E-state index in [1.165, 1.54) is 10.4 Å². The van der Waals surface area contributed by atoms with Gasteiger partial charge in [-0.25, -0.2) is 0 Å². The molecule has 1 aliphatic rings. The molecule has 0 bridgehead atoms. The summed E-state index contributed by atoms with van der Waals surface area (Å²) in [6.45, 7) is 7.93. The van der Waals surface area contributed by atoms with Crippen molar-refractivity contribution in [2.24, 2.45) is 0 Å². The lowest BCUT2D eigenvalue weighted by molar-refractivity contribution is -0.0490. The van der Waals surface area contributed by atoms with Crippen molar-refractivity contribution in [3.63, 3.8) is 0 Å². The maximum absolute atomic E-state index is 10.5. The van der Waals surface area contributed by atoms with E-state index in [1.54, 1.807) is 0 Å². The Labute approximate surface area is 164 Å². The summed E-state index contributed by atoms with van der Waals surface area (Å²) in [6, 6.07) is 21.2. The van der Waals surface area contributed by atoms with Gasteiger partial charge in [-0.2, -0.15) is 0 Å². The Morgan fingerprint density at radius 1 is 0.963 bits per heavy atom. The summed E-state index contributed by atoms with van der Waals surface area (Å²) in [4.78, 5) is 0. The zero-order chi connectivity index (χ0) is 19.3. The van der Waals surface area contributed by atoms with Crippen LogP contribution in [0, 0.1) is 0 Å². The van der Waals surface area contributed by atoms with Crippen molar-refractivity contribution in [1.29, 1.82) is 0 Å². The van der Waals surface area contributed by atoms with Crippen LogP contribution >= 0.6 is 0 Å². The lowest BCUT2D eigenvalue weighted by Gasteiger charge is -2.43. The van der Waals surface area contributed by atoms with E-state index in [2.05, 4.69) is 81.4 Å². The van der Waals surface area contributed by atoms with E-state index in [-0.39, 0.29) is 11.1 Å². The summed E-state index contributed by atoms with van der Waals surface area (Å²) in [5.74, 6) is 0. The van der Waals surface area contributed by atoms with Gasteiger partial charge in [0.25, 0.3) is 8.32 Å². The zero-order valence-electron chi connectivity index (χ0n) is 16.7.